The number of aryl methyl sites for hydroxylation is 2. The Bertz CT molecular complexity index is 1390. The number of halogens is 3. The maximum atomic E-state index is 12.7. The molecule has 1 aromatic carbocycles. The van der Waals surface area contributed by atoms with Crippen molar-refractivity contribution < 1.29 is 32.2 Å². The van der Waals surface area contributed by atoms with E-state index in [1.54, 1.807) is 37.5 Å². The summed E-state index contributed by atoms with van der Waals surface area (Å²) in [7, 11) is 0. The van der Waals surface area contributed by atoms with E-state index in [2.05, 4.69) is 19.8 Å². The standard InChI is InChI=1S/C22H18F3N5O4/c1-12-8-9-26-21-27-19(28-30(12)21)20(32)33-11-18(31)17-10-13(2)29(14(17)3)15-4-6-16(7-5-15)34-22(23,24)25/h4-10H,11H2,1-3H3. The Morgan fingerprint density at radius 2 is 1.74 bits per heavy atom. The van der Waals surface area contributed by atoms with Crippen LogP contribution in [0.5, 0.6) is 5.75 Å². The van der Waals surface area contributed by atoms with Gasteiger partial charge in [-0.05, 0) is 57.2 Å². The number of benzene rings is 1. The summed E-state index contributed by atoms with van der Waals surface area (Å²) in [6.07, 6.45) is -3.25. The number of hydrogen-bond donors (Lipinski definition) is 0. The molecule has 4 aromatic rings. The molecule has 12 heteroatoms. The van der Waals surface area contributed by atoms with Crippen molar-refractivity contribution in [2.45, 2.75) is 27.1 Å². The number of nitrogens with zero attached hydrogens (tertiary/aromatic N) is 5. The molecule has 0 spiro atoms. The van der Waals surface area contributed by atoms with Crippen LogP contribution in [-0.2, 0) is 4.74 Å². The van der Waals surface area contributed by atoms with Crippen molar-refractivity contribution in [3.63, 3.8) is 0 Å². The molecule has 0 amide bonds. The lowest BCUT2D eigenvalue weighted by Gasteiger charge is -2.12. The molecule has 0 bridgehead atoms. The Morgan fingerprint density at radius 1 is 1.03 bits per heavy atom. The smallest absolute Gasteiger partial charge is 0.451 e. The molecular weight excluding hydrogens is 455 g/mol. The lowest BCUT2D eigenvalue weighted by atomic mass is 10.1. The molecule has 0 N–H and O–H groups in total. The van der Waals surface area contributed by atoms with Gasteiger partial charge in [0.25, 0.3) is 11.6 Å². The summed E-state index contributed by atoms with van der Waals surface area (Å²) in [5.41, 5.74) is 2.77. The van der Waals surface area contributed by atoms with Crippen LogP contribution in [-0.4, -0.2) is 48.9 Å². The van der Waals surface area contributed by atoms with Gasteiger partial charge in [-0.2, -0.15) is 4.98 Å². The third-order valence-electron chi connectivity index (χ3n) is 5.01. The van der Waals surface area contributed by atoms with Gasteiger partial charge in [-0.1, -0.05) is 0 Å². The largest absolute Gasteiger partial charge is 0.573 e. The summed E-state index contributed by atoms with van der Waals surface area (Å²) >= 11 is 0. The Balaban J connectivity index is 1.48. The highest BCUT2D eigenvalue weighted by atomic mass is 19.4. The fourth-order valence-electron chi connectivity index (χ4n) is 3.51. The first-order valence-corrected chi connectivity index (χ1v) is 9.97. The van der Waals surface area contributed by atoms with Gasteiger partial charge in [0.2, 0.25) is 5.78 Å². The SMILES string of the molecule is Cc1cc(C(=O)COC(=O)c2nc3nccc(C)n3n2)c(C)n1-c1ccc(OC(F)(F)F)cc1. The summed E-state index contributed by atoms with van der Waals surface area (Å²) in [6, 6.07) is 8.57. The lowest BCUT2D eigenvalue weighted by Crippen LogP contribution is -2.17. The first-order valence-electron chi connectivity index (χ1n) is 9.97. The second-order valence-corrected chi connectivity index (χ2v) is 7.39. The number of ketones is 1. The third kappa shape index (κ3) is 4.60. The predicted molar refractivity (Wildman–Crippen MR) is 112 cm³/mol. The first-order chi connectivity index (χ1) is 16.0. The average molecular weight is 473 g/mol. The van der Waals surface area contributed by atoms with Crippen LogP contribution in [0.25, 0.3) is 11.5 Å². The number of aromatic nitrogens is 5. The van der Waals surface area contributed by atoms with Crippen molar-refractivity contribution in [1.82, 2.24) is 24.1 Å². The fourth-order valence-corrected chi connectivity index (χ4v) is 3.51. The number of carbonyl (C=O) groups excluding carboxylic acids is 2. The van der Waals surface area contributed by atoms with Crippen molar-refractivity contribution in [2.75, 3.05) is 6.61 Å². The van der Waals surface area contributed by atoms with Gasteiger partial charge >= 0.3 is 12.3 Å². The normalized spacial score (nSPS) is 11.6. The zero-order chi connectivity index (χ0) is 24.6. The number of hydrogen-bond acceptors (Lipinski definition) is 7. The Labute approximate surface area is 190 Å². The molecular formula is C22H18F3N5O4. The highest BCUT2D eigenvalue weighted by molar-refractivity contribution is 6.00. The van der Waals surface area contributed by atoms with Gasteiger partial charge in [0.05, 0.1) is 0 Å². The maximum Gasteiger partial charge on any atom is 0.573 e. The third-order valence-corrected chi connectivity index (χ3v) is 5.01. The van der Waals surface area contributed by atoms with Gasteiger partial charge in [0.1, 0.15) is 5.75 Å². The zero-order valence-corrected chi connectivity index (χ0v) is 18.3. The number of Topliss-reactive ketones (excluding diaryl/α,β-unsaturated/α-hetero) is 1. The monoisotopic (exact) mass is 473 g/mol. The van der Waals surface area contributed by atoms with E-state index in [9.17, 15) is 22.8 Å². The van der Waals surface area contributed by atoms with Crippen LogP contribution in [0.3, 0.4) is 0 Å². The minimum atomic E-state index is -4.79. The van der Waals surface area contributed by atoms with E-state index < -0.39 is 24.7 Å². The van der Waals surface area contributed by atoms with E-state index in [-0.39, 0.29) is 17.4 Å². The molecule has 0 fully saturated rings. The molecule has 0 unspecified atom stereocenters. The van der Waals surface area contributed by atoms with Crippen LogP contribution in [0.2, 0.25) is 0 Å². The molecule has 176 valence electrons. The molecule has 0 aliphatic rings. The van der Waals surface area contributed by atoms with Gasteiger partial charge in [-0.3, -0.25) is 4.79 Å². The zero-order valence-electron chi connectivity index (χ0n) is 18.3. The van der Waals surface area contributed by atoms with E-state index in [1.165, 1.54) is 35.0 Å². The topological polar surface area (TPSA) is 101 Å². The molecule has 0 atom stereocenters. The van der Waals surface area contributed by atoms with Gasteiger partial charge < -0.3 is 14.0 Å². The summed E-state index contributed by atoms with van der Waals surface area (Å²) in [5.74, 6) is -1.67. The predicted octanol–water partition coefficient (Wildman–Crippen LogP) is 3.78. The molecule has 0 aliphatic heterocycles. The second-order valence-electron chi connectivity index (χ2n) is 7.39. The molecule has 9 nitrogen and oxygen atoms in total. The fraction of sp³-hybridized carbons (Fsp3) is 0.227. The van der Waals surface area contributed by atoms with Crippen LogP contribution in [0.1, 0.15) is 38.1 Å². The number of esters is 1. The first kappa shape index (κ1) is 23.0. The van der Waals surface area contributed by atoms with E-state index in [0.29, 0.717) is 22.6 Å². The van der Waals surface area contributed by atoms with Crippen LogP contribution in [0, 0.1) is 20.8 Å². The molecule has 0 saturated carbocycles. The summed E-state index contributed by atoms with van der Waals surface area (Å²) in [5, 5.41) is 4.04. The van der Waals surface area contributed by atoms with Gasteiger partial charge in [-0.25, -0.2) is 14.3 Å². The summed E-state index contributed by atoms with van der Waals surface area (Å²) < 4.78 is 49.2. The summed E-state index contributed by atoms with van der Waals surface area (Å²) in [6.45, 7) is 4.66. The van der Waals surface area contributed by atoms with Crippen LogP contribution < -0.4 is 4.74 Å². The minimum absolute atomic E-state index is 0.221. The van der Waals surface area contributed by atoms with Gasteiger partial charge in [-0.15, -0.1) is 18.3 Å². The highest BCUT2D eigenvalue weighted by Crippen LogP contribution is 2.26. The van der Waals surface area contributed by atoms with Crippen LogP contribution in [0.15, 0.2) is 42.6 Å². The summed E-state index contributed by atoms with van der Waals surface area (Å²) in [4.78, 5) is 33.1. The number of alkyl halides is 3. The number of ether oxygens (including phenoxy) is 2. The molecule has 3 aromatic heterocycles. The number of rotatable bonds is 6. The highest BCUT2D eigenvalue weighted by Gasteiger charge is 2.31. The van der Waals surface area contributed by atoms with Crippen molar-refractivity contribution >= 4 is 17.5 Å². The maximum absolute atomic E-state index is 12.7. The average Bonchev–Trinajstić information content (AvgIpc) is 3.33. The van der Waals surface area contributed by atoms with E-state index in [4.69, 9.17) is 4.74 Å². The van der Waals surface area contributed by atoms with Crippen molar-refractivity contribution in [1.29, 1.82) is 0 Å². The minimum Gasteiger partial charge on any atom is -0.451 e. The second kappa shape index (κ2) is 8.61. The van der Waals surface area contributed by atoms with E-state index >= 15 is 0 Å². The van der Waals surface area contributed by atoms with E-state index in [0.717, 1.165) is 5.69 Å². The van der Waals surface area contributed by atoms with Crippen molar-refractivity contribution in [3.8, 4) is 11.4 Å². The molecule has 3 heterocycles. The number of fused-ring (bicyclic) bond motifs is 1. The van der Waals surface area contributed by atoms with Gasteiger partial charge in [0, 0.05) is 34.5 Å². The number of carbonyl (C=O) groups is 2. The molecule has 0 radical (unpaired) electrons. The molecule has 4 rings (SSSR count). The molecule has 0 saturated heterocycles. The quantitative estimate of drug-likeness (QED) is 0.310. The molecule has 0 aliphatic carbocycles. The Morgan fingerprint density at radius 3 is 2.38 bits per heavy atom. The van der Waals surface area contributed by atoms with Crippen LogP contribution >= 0.6 is 0 Å². The van der Waals surface area contributed by atoms with E-state index in [1.807, 2.05) is 0 Å². The van der Waals surface area contributed by atoms with Gasteiger partial charge in [0.15, 0.2) is 6.61 Å². The Kier molecular flexibility index (Phi) is 5.82. The van der Waals surface area contributed by atoms with Crippen molar-refractivity contribution in [3.05, 3.63) is 71.1 Å². The van der Waals surface area contributed by atoms with Crippen molar-refractivity contribution in [2.24, 2.45) is 0 Å². The molecule has 34 heavy (non-hydrogen) atoms. The lowest BCUT2D eigenvalue weighted by molar-refractivity contribution is -0.274. The van der Waals surface area contributed by atoms with Crippen LogP contribution in [0.4, 0.5) is 13.2 Å². The Hall–Kier alpha value is -4.22.